The molecule has 0 heterocycles. The molecule has 0 aliphatic heterocycles. The Labute approximate surface area is 113 Å². The van der Waals surface area contributed by atoms with Crippen molar-refractivity contribution in [2.45, 2.75) is 19.4 Å². The van der Waals surface area contributed by atoms with Crippen LogP contribution in [0.5, 0.6) is 0 Å². The summed E-state index contributed by atoms with van der Waals surface area (Å²) < 4.78 is 5.14. The summed E-state index contributed by atoms with van der Waals surface area (Å²) in [5.41, 5.74) is 6.90. The van der Waals surface area contributed by atoms with Crippen LogP contribution in [-0.2, 0) is 4.74 Å². The van der Waals surface area contributed by atoms with E-state index in [0.29, 0.717) is 37.4 Å². The molecule has 1 aromatic rings. The third-order valence-electron chi connectivity index (χ3n) is 2.79. The zero-order valence-electron chi connectivity index (χ0n) is 11.3. The van der Waals surface area contributed by atoms with Crippen LogP contribution in [0.4, 0.5) is 5.69 Å². The molecule has 0 aliphatic carbocycles. The molecule has 0 amide bonds. The Hall–Kier alpha value is -1.43. The first-order chi connectivity index (χ1) is 9.19. The quantitative estimate of drug-likeness (QED) is 0.350. The number of nitrogen functional groups attached to an aromatic ring is 1. The molecule has 0 fully saturated rings. The van der Waals surface area contributed by atoms with Crippen molar-refractivity contribution in [3.63, 3.8) is 0 Å². The fourth-order valence-electron chi connectivity index (χ4n) is 1.74. The van der Waals surface area contributed by atoms with E-state index in [4.69, 9.17) is 15.6 Å². The summed E-state index contributed by atoms with van der Waals surface area (Å²) in [5.74, 6) is 0.0599. The summed E-state index contributed by atoms with van der Waals surface area (Å²) in [6.45, 7) is 3.36. The second-order valence-corrected chi connectivity index (χ2v) is 4.24. The second-order valence-electron chi connectivity index (χ2n) is 4.24. The van der Waals surface area contributed by atoms with E-state index in [1.807, 2.05) is 6.92 Å². The molecule has 0 aliphatic rings. The van der Waals surface area contributed by atoms with Crippen LogP contribution in [0.3, 0.4) is 0 Å². The van der Waals surface area contributed by atoms with Crippen LogP contribution in [-0.4, -0.2) is 43.3 Å². The molecule has 0 spiro atoms. The highest BCUT2D eigenvalue weighted by Gasteiger charge is 2.17. The number of aliphatic hydroxyl groups excluding tert-OH is 1. The van der Waals surface area contributed by atoms with Crippen LogP contribution in [0.25, 0.3) is 0 Å². The number of ketones is 1. The van der Waals surface area contributed by atoms with E-state index in [1.165, 1.54) is 0 Å². The summed E-state index contributed by atoms with van der Waals surface area (Å²) in [7, 11) is 0. The van der Waals surface area contributed by atoms with Gasteiger partial charge in [0.15, 0.2) is 5.78 Å². The van der Waals surface area contributed by atoms with Gasteiger partial charge < -0.3 is 20.9 Å². The normalized spacial score (nSPS) is 12.3. The first-order valence-electron chi connectivity index (χ1n) is 6.50. The number of ether oxygens (including phenoxy) is 1. The number of rotatable bonds is 9. The summed E-state index contributed by atoms with van der Waals surface area (Å²) in [5, 5.41) is 11.7. The highest BCUT2D eigenvalue weighted by Crippen LogP contribution is 2.09. The van der Waals surface area contributed by atoms with Crippen molar-refractivity contribution in [2.24, 2.45) is 0 Å². The van der Waals surface area contributed by atoms with Crippen LogP contribution in [0.15, 0.2) is 24.3 Å². The standard InChI is InChI=1S/C14H22N2O3/c1-2-13(16-7-9-19-10-8-17)14(18)11-3-5-12(15)6-4-11/h3-6,13,16-17H,2,7-10,15H2,1H3. The first kappa shape index (κ1) is 15.6. The molecule has 0 aromatic heterocycles. The third kappa shape index (κ3) is 5.38. The molecule has 0 radical (unpaired) electrons. The number of carbonyl (C=O) groups excluding carboxylic acids is 1. The lowest BCUT2D eigenvalue weighted by molar-refractivity contribution is 0.0860. The van der Waals surface area contributed by atoms with Gasteiger partial charge in [0.05, 0.1) is 25.9 Å². The Kier molecular flexibility index (Phi) is 7.10. The van der Waals surface area contributed by atoms with Crippen LogP contribution < -0.4 is 11.1 Å². The van der Waals surface area contributed by atoms with E-state index in [1.54, 1.807) is 24.3 Å². The molecule has 0 saturated heterocycles. The number of aliphatic hydroxyl groups is 1. The van der Waals surface area contributed by atoms with Gasteiger partial charge in [-0.3, -0.25) is 4.79 Å². The van der Waals surface area contributed by atoms with E-state index < -0.39 is 0 Å². The average molecular weight is 266 g/mol. The van der Waals surface area contributed by atoms with E-state index in [9.17, 15) is 4.79 Å². The minimum Gasteiger partial charge on any atom is -0.399 e. The van der Waals surface area contributed by atoms with E-state index in [2.05, 4.69) is 5.32 Å². The molecule has 1 aromatic carbocycles. The number of hydrogen-bond acceptors (Lipinski definition) is 5. The Morgan fingerprint density at radius 1 is 1.37 bits per heavy atom. The monoisotopic (exact) mass is 266 g/mol. The molecular formula is C14H22N2O3. The maximum atomic E-state index is 12.2. The predicted molar refractivity (Wildman–Crippen MR) is 75.2 cm³/mol. The minimum atomic E-state index is -0.221. The first-order valence-corrected chi connectivity index (χ1v) is 6.50. The van der Waals surface area contributed by atoms with Crippen molar-refractivity contribution < 1.29 is 14.6 Å². The molecule has 1 rings (SSSR count). The van der Waals surface area contributed by atoms with Crippen molar-refractivity contribution in [3.05, 3.63) is 29.8 Å². The largest absolute Gasteiger partial charge is 0.399 e. The molecule has 106 valence electrons. The van der Waals surface area contributed by atoms with Gasteiger partial charge >= 0.3 is 0 Å². The van der Waals surface area contributed by atoms with Gasteiger partial charge in [-0.15, -0.1) is 0 Å². The van der Waals surface area contributed by atoms with Gasteiger partial charge in [0, 0.05) is 17.8 Å². The highest BCUT2D eigenvalue weighted by molar-refractivity contribution is 6.00. The highest BCUT2D eigenvalue weighted by atomic mass is 16.5. The molecule has 5 nitrogen and oxygen atoms in total. The number of benzene rings is 1. The Morgan fingerprint density at radius 3 is 2.63 bits per heavy atom. The topological polar surface area (TPSA) is 84.6 Å². The molecule has 0 bridgehead atoms. The fourth-order valence-corrected chi connectivity index (χ4v) is 1.74. The molecule has 0 saturated carbocycles. The molecule has 1 atom stereocenters. The van der Waals surface area contributed by atoms with Gasteiger partial charge in [-0.25, -0.2) is 0 Å². The zero-order valence-corrected chi connectivity index (χ0v) is 11.3. The van der Waals surface area contributed by atoms with Crippen molar-refractivity contribution in [1.82, 2.24) is 5.32 Å². The molecule has 5 heteroatoms. The van der Waals surface area contributed by atoms with Crippen molar-refractivity contribution in [1.29, 1.82) is 0 Å². The van der Waals surface area contributed by atoms with E-state index in [-0.39, 0.29) is 18.4 Å². The smallest absolute Gasteiger partial charge is 0.179 e. The second kappa shape index (κ2) is 8.63. The average Bonchev–Trinajstić information content (AvgIpc) is 2.43. The van der Waals surface area contributed by atoms with Crippen molar-refractivity contribution in [2.75, 3.05) is 32.1 Å². The lowest BCUT2D eigenvalue weighted by Crippen LogP contribution is -2.38. The number of hydrogen-bond donors (Lipinski definition) is 3. The molecule has 4 N–H and O–H groups in total. The van der Waals surface area contributed by atoms with Crippen LogP contribution >= 0.6 is 0 Å². The van der Waals surface area contributed by atoms with Gasteiger partial charge in [-0.05, 0) is 30.7 Å². The van der Waals surface area contributed by atoms with Gasteiger partial charge in [0.25, 0.3) is 0 Å². The Bertz CT molecular complexity index is 379. The van der Waals surface area contributed by atoms with Gasteiger partial charge in [0.2, 0.25) is 0 Å². The maximum Gasteiger partial charge on any atom is 0.179 e. The van der Waals surface area contributed by atoms with Gasteiger partial charge in [0.1, 0.15) is 0 Å². The number of carbonyl (C=O) groups is 1. The number of Topliss-reactive ketones (excluding diaryl/α,β-unsaturated/α-hetero) is 1. The van der Waals surface area contributed by atoms with Crippen LogP contribution in [0, 0.1) is 0 Å². The number of anilines is 1. The van der Waals surface area contributed by atoms with Crippen molar-refractivity contribution in [3.8, 4) is 0 Å². The molecular weight excluding hydrogens is 244 g/mol. The SMILES string of the molecule is CCC(NCCOCCO)C(=O)c1ccc(N)cc1. The Morgan fingerprint density at radius 2 is 2.05 bits per heavy atom. The Balaban J connectivity index is 2.45. The third-order valence-corrected chi connectivity index (χ3v) is 2.79. The molecule has 19 heavy (non-hydrogen) atoms. The lowest BCUT2D eigenvalue weighted by Gasteiger charge is -2.16. The summed E-state index contributed by atoms with van der Waals surface area (Å²) in [6, 6.07) is 6.71. The lowest BCUT2D eigenvalue weighted by atomic mass is 10.0. The van der Waals surface area contributed by atoms with Gasteiger partial charge in [-0.1, -0.05) is 6.92 Å². The number of nitrogens with two attached hydrogens (primary N) is 1. The van der Waals surface area contributed by atoms with Gasteiger partial charge in [-0.2, -0.15) is 0 Å². The summed E-state index contributed by atoms with van der Waals surface area (Å²) in [6.07, 6.45) is 0.712. The van der Waals surface area contributed by atoms with E-state index >= 15 is 0 Å². The minimum absolute atomic E-state index is 0.0155. The molecule has 1 unspecified atom stereocenters. The van der Waals surface area contributed by atoms with Crippen LogP contribution in [0.2, 0.25) is 0 Å². The van der Waals surface area contributed by atoms with Crippen LogP contribution in [0.1, 0.15) is 23.7 Å². The summed E-state index contributed by atoms with van der Waals surface area (Å²) >= 11 is 0. The predicted octanol–water partition coefficient (Wildman–Crippen LogP) is 0.829. The van der Waals surface area contributed by atoms with E-state index in [0.717, 1.165) is 0 Å². The number of nitrogens with one attached hydrogen (secondary N) is 1. The van der Waals surface area contributed by atoms with Crippen molar-refractivity contribution >= 4 is 11.5 Å². The zero-order chi connectivity index (χ0) is 14.1. The fraction of sp³-hybridized carbons (Fsp3) is 0.500. The summed E-state index contributed by atoms with van der Waals surface area (Å²) in [4.78, 5) is 12.2. The maximum absolute atomic E-state index is 12.2.